The van der Waals surface area contributed by atoms with Gasteiger partial charge in [-0.15, -0.1) is 10.2 Å². The first kappa shape index (κ1) is 21.2. The number of benzene rings is 1. The minimum Gasteiger partial charge on any atom is -0.356 e. The number of H-pyrrole nitrogens is 2. The molecule has 3 aromatic heterocycles. The number of carbonyl (C=O) groups excluding carboxylic acids is 2. The van der Waals surface area contributed by atoms with E-state index in [1.54, 1.807) is 12.1 Å². The summed E-state index contributed by atoms with van der Waals surface area (Å²) in [6, 6.07) is 5.15. The van der Waals surface area contributed by atoms with Crippen molar-refractivity contribution < 1.29 is 22.8 Å². The van der Waals surface area contributed by atoms with Crippen molar-refractivity contribution in [3.8, 4) is 10.6 Å². The van der Waals surface area contributed by atoms with E-state index in [0.29, 0.717) is 27.7 Å². The van der Waals surface area contributed by atoms with Crippen LogP contribution < -0.4 is 10.9 Å². The van der Waals surface area contributed by atoms with E-state index in [1.807, 2.05) is 0 Å². The highest BCUT2D eigenvalue weighted by Crippen LogP contribution is 2.21. The maximum atomic E-state index is 13.8. The summed E-state index contributed by atoms with van der Waals surface area (Å²) in [5.41, 5.74) is -1.12. The Hall–Kier alpha value is -4.06. The average molecular weight is 459 g/mol. The summed E-state index contributed by atoms with van der Waals surface area (Å²) in [6.07, 6.45) is 2.60. The molecule has 0 saturated carbocycles. The summed E-state index contributed by atoms with van der Waals surface area (Å²) in [7, 11) is 0. The van der Waals surface area contributed by atoms with Crippen molar-refractivity contribution in [3.63, 3.8) is 0 Å². The zero-order valence-corrected chi connectivity index (χ0v) is 16.7. The van der Waals surface area contributed by atoms with Crippen LogP contribution in [-0.4, -0.2) is 31.9 Å². The van der Waals surface area contributed by atoms with Gasteiger partial charge < -0.3 is 15.3 Å². The number of hydrogen-bond acceptors (Lipinski definition) is 6. The Balaban J connectivity index is 1.44. The molecule has 0 unspecified atom stereocenters. The smallest absolute Gasteiger partial charge is 0.268 e. The fraction of sp³-hybridized carbons (Fsp3) is 0.0500. The van der Waals surface area contributed by atoms with Crippen LogP contribution in [0.25, 0.3) is 10.6 Å². The molecular formula is C20H12F3N5O3S. The van der Waals surface area contributed by atoms with Gasteiger partial charge in [0.05, 0.1) is 17.7 Å². The second-order valence-electron chi connectivity index (χ2n) is 6.47. The second-order valence-corrected chi connectivity index (χ2v) is 7.53. The number of nitrogens with zero attached hydrogens (tertiary/aromatic N) is 2. The Labute approximate surface area is 181 Å². The fourth-order valence-electron chi connectivity index (χ4n) is 2.83. The van der Waals surface area contributed by atoms with Crippen molar-refractivity contribution >= 4 is 23.0 Å². The van der Waals surface area contributed by atoms with Gasteiger partial charge >= 0.3 is 0 Å². The third-order valence-corrected chi connectivity index (χ3v) is 5.30. The SMILES string of the molecule is O=C(NCc1nnc(-c2ccc[nH]c2=O)s1)c1cc(C(=O)c2c(F)cc(F)cc2F)c[nH]1. The molecule has 0 bridgehead atoms. The van der Waals surface area contributed by atoms with Gasteiger partial charge in [-0.05, 0) is 18.2 Å². The van der Waals surface area contributed by atoms with Crippen molar-refractivity contribution in [2.24, 2.45) is 0 Å². The van der Waals surface area contributed by atoms with E-state index in [2.05, 4.69) is 25.5 Å². The number of nitrogens with one attached hydrogen (secondary N) is 3. The Kier molecular flexibility index (Phi) is 5.69. The van der Waals surface area contributed by atoms with Gasteiger partial charge in [-0.3, -0.25) is 14.4 Å². The zero-order valence-electron chi connectivity index (χ0n) is 15.9. The van der Waals surface area contributed by atoms with E-state index in [9.17, 15) is 27.6 Å². The van der Waals surface area contributed by atoms with E-state index in [0.717, 1.165) is 23.6 Å². The number of carbonyl (C=O) groups is 2. The molecule has 1 aromatic carbocycles. The van der Waals surface area contributed by atoms with Crippen molar-refractivity contribution in [2.75, 3.05) is 0 Å². The Morgan fingerprint density at radius 3 is 2.53 bits per heavy atom. The molecule has 8 nitrogen and oxygen atoms in total. The number of rotatable bonds is 6. The van der Waals surface area contributed by atoms with Gasteiger partial charge in [0.15, 0.2) is 10.8 Å². The molecule has 4 aromatic rings. The molecule has 0 aliphatic rings. The summed E-state index contributed by atoms with van der Waals surface area (Å²) in [5.74, 6) is -5.49. The van der Waals surface area contributed by atoms with Crippen molar-refractivity contribution in [3.05, 3.63) is 92.4 Å². The molecule has 162 valence electrons. The molecule has 0 atom stereocenters. The normalized spacial score (nSPS) is 10.8. The number of hydrogen-bond donors (Lipinski definition) is 3. The van der Waals surface area contributed by atoms with E-state index in [1.165, 1.54) is 6.20 Å². The summed E-state index contributed by atoms with van der Waals surface area (Å²) in [6.45, 7) is -0.00917. The maximum absolute atomic E-state index is 13.8. The first-order chi connectivity index (χ1) is 15.3. The topological polar surface area (TPSA) is 121 Å². The van der Waals surface area contributed by atoms with E-state index in [4.69, 9.17) is 0 Å². The van der Waals surface area contributed by atoms with Crippen LogP contribution in [0.5, 0.6) is 0 Å². The van der Waals surface area contributed by atoms with Crippen LogP contribution in [0.4, 0.5) is 13.2 Å². The third-order valence-electron chi connectivity index (χ3n) is 4.34. The van der Waals surface area contributed by atoms with Gasteiger partial charge in [-0.1, -0.05) is 11.3 Å². The number of pyridine rings is 1. The average Bonchev–Trinajstić information content (AvgIpc) is 3.42. The lowest BCUT2D eigenvalue weighted by molar-refractivity contribution is 0.0946. The predicted molar refractivity (Wildman–Crippen MR) is 108 cm³/mol. The largest absolute Gasteiger partial charge is 0.356 e. The van der Waals surface area contributed by atoms with Crippen LogP contribution in [0.2, 0.25) is 0 Å². The third kappa shape index (κ3) is 4.21. The minimum absolute atomic E-state index is 0.00917. The van der Waals surface area contributed by atoms with Crippen LogP contribution in [0.15, 0.2) is 47.5 Å². The monoisotopic (exact) mass is 459 g/mol. The highest BCUT2D eigenvalue weighted by atomic mass is 32.1. The standard InChI is InChI=1S/C20H12F3N5O3S/c21-10-5-12(22)16(13(23)6-10)17(29)9-4-14(25-7-9)19(31)26-8-15-27-28-20(32-15)11-2-1-3-24-18(11)30/h1-7,25H,8H2,(H,24,30)(H,26,31). The van der Waals surface area contributed by atoms with Gasteiger partial charge in [0.2, 0.25) is 0 Å². The molecule has 0 fully saturated rings. The molecule has 0 spiro atoms. The highest BCUT2D eigenvalue weighted by molar-refractivity contribution is 7.14. The Morgan fingerprint density at radius 1 is 1.06 bits per heavy atom. The first-order valence-corrected chi connectivity index (χ1v) is 9.81. The maximum Gasteiger partial charge on any atom is 0.268 e. The van der Waals surface area contributed by atoms with E-state index in [-0.39, 0.29) is 23.4 Å². The lowest BCUT2D eigenvalue weighted by atomic mass is 10.0. The lowest BCUT2D eigenvalue weighted by Crippen LogP contribution is -2.23. The number of halogens is 3. The van der Waals surface area contributed by atoms with Gasteiger partial charge in [-0.25, -0.2) is 13.2 Å². The quantitative estimate of drug-likeness (QED) is 0.383. The summed E-state index contributed by atoms with van der Waals surface area (Å²) in [5, 5.41) is 11.2. The summed E-state index contributed by atoms with van der Waals surface area (Å²) in [4.78, 5) is 41.6. The molecule has 0 aliphatic heterocycles. The van der Waals surface area contributed by atoms with Gasteiger partial charge in [-0.2, -0.15) is 0 Å². The van der Waals surface area contributed by atoms with Crippen molar-refractivity contribution in [1.82, 2.24) is 25.5 Å². The molecule has 0 saturated heterocycles. The lowest BCUT2D eigenvalue weighted by Gasteiger charge is -2.03. The van der Waals surface area contributed by atoms with Crippen LogP contribution in [0, 0.1) is 17.5 Å². The van der Waals surface area contributed by atoms with Gasteiger partial charge in [0.25, 0.3) is 11.5 Å². The van der Waals surface area contributed by atoms with Gasteiger partial charge in [0, 0.05) is 30.1 Å². The van der Waals surface area contributed by atoms with Crippen LogP contribution in [-0.2, 0) is 6.54 Å². The van der Waals surface area contributed by atoms with Crippen molar-refractivity contribution in [2.45, 2.75) is 6.54 Å². The molecule has 0 radical (unpaired) electrons. The second kappa shape index (κ2) is 8.59. The fourth-order valence-corrected chi connectivity index (χ4v) is 3.64. The van der Waals surface area contributed by atoms with E-state index >= 15 is 0 Å². The highest BCUT2D eigenvalue weighted by Gasteiger charge is 2.22. The molecule has 0 aliphatic carbocycles. The Bertz CT molecular complexity index is 1370. The number of amides is 1. The molecule has 1 amide bonds. The van der Waals surface area contributed by atoms with E-state index < -0.39 is 34.7 Å². The zero-order chi connectivity index (χ0) is 22.8. The van der Waals surface area contributed by atoms with Crippen LogP contribution >= 0.6 is 11.3 Å². The number of aromatic amines is 2. The molecule has 4 rings (SSSR count). The van der Waals surface area contributed by atoms with Crippen LogP contribution in [0.1, 0.15) is 31.4 Å². The number of aromatic nitrogens is 4. The summed E-state index contributed by atoms with van der Waals surface area (Å²) >= 11 is 1.11. The molecule has 3 heterocycles. The molecular weight excluding hydrogens is 447 g/mol. The molecule has 32 heavy (non-hydrogen) atoms. The number of ketones is 1. The van der Waals surface area contributed by atoms with Gasteiger partial charge in [0.1, 0.15) is 28.2 Å². The summed E-state index contributed by atoms with van der Waals surface area (Å²) < 4.78 is 40.7. The first-order valence-electron chi connectivity index (χ1n) is 9.00. The Morgan fingerprint density at radius 2 is 1.81 bits per heavy atom. The minimum atomic E-state index is -1.34. The molecule has 3 N–H and O–H groups in total. The van der Waals surface area contributed by atoms with Crippen LogP contribution in [0.3, 0.4) is 0 Å². The van der Waals surface area contributed by atoms with Crippen molar-refractivity contribution in [1.29, 1.82) is 0 Å². The predicted octanol–water partition coefficient (Wildman–Crippen LogP) is 2.80. The molecule has 12 heteroatoms.